The van der Waals surface area contributed by atoms with E-state index in [1.54, 1.807) is 12.1 Å². The smallest absolute Gasteiger partial charge is 0.336 e. The van der Waals surface area contributed by atoms with Gasteiger partial charge in [-0.3, -0.25) is 0 Å². The van der Waals surface area contributed by atoms with Crippen molar-refractivity contribution in [1.82, 2.24) is 4.57 Å². The van der Waals surface area contributed by atoms with Gasteiger partial charge in [-0.05, 0) is 63.4 Å². The van der Waals surface area contributed by atoms with Gasteiger partial charge in [0.15, 0.2) is 0 Å². The van der Waals surface area contributed by atoms with E-state index in [0.717, 1.165) is 29.1 Å². The Morgan fingerprint density at radius 3 is 2.57 bits per heavy atom. The van der Waals surface area contributed by atoms with Crippen LogP contribution in [0.5, 0.6) is 0 Å². The summed E-state index contributed by atoms with van der Waals surface area (Å²) in [5.74, 6) is -0.896. The molecule has 1 aromatic carbocycles. The largest absolute Gasteiger partial charge is 0.478 e. The number of aromatic carboxylic acids is 1. The van der Waals surface area contributed by atoms with E-state index in [4.69, 9.17) is 5.73 Å². The van der Waals surface area contributed by atoms with E-state index in [-0.39, 0.29) is 6.04 Å². The van der Waals surface area contributed by atoms with Crippen molar-refractivity contribution in [3.63, 3.8) is 0 Å². The number of hydrogen-bond donors (Lipinski definition) is 2. The van der Waals surface area contributed by atoms with Crippen molar-refractivity contribution < 1.29 is 9.90 Å². The van der Waals surface area contributed by atoms with Crippen LogP contribution in [0, 0.1) is 20.8 Å². The van der Waals surface area contributed by atoms with Gasteiger partial charge in [0, 0.05) is 23.1 Å². The fourth-order valence-corrected chi connectivity index (χ4v) is 2.85. The lowest BCUT2D eigenvalue weighted by Gasteiger charge is -2.15. The second kappa shape index (κ2) is 5.74. The molecule has 0 fully saturated rings. The summed E-state index contributed by atoms with van der Waals surface area (Å²) in [5, 5.41) is 9.27. The minimum Gasteiger partial charge on any atom is -0.478 e. The number of carbonyl (C=O) groups is 1. The zero-order chi connectivity index (χ0) is 15.7. The molecule has 0 saturated carbocycles. The van der Waals surface area contributed by atoms with E-state index >= 15 is 0 Å². The summed E-state index contributed by atoms with van der Waals surface area (Å²) in [5.41, 5.74) is 11.4. The van der Waals surface area contributed by atoms with Gasteiger partial charge in [-0.25, -0.2) is 4.79 Å². The van der Waals surface area contributed by atoms with Crippen LogP contribution < -0.4 is 5.73 Å². The molecule has 4 heteroatoms. The van der Waals surface area contributed by atoms with Gasteiger partial charge >= 0.3 is 5.97 Å². The van der Waals surface area contributed by atoms with E-state index in [0.29, 0.717) is 5.56 Å². The molecule has 0 aliphatic heterocycles. The van der Waals surface area contributed by atoms with Gasteiger partial charge in [-0.1, -0.05) is 6.07 Å². The van der Waals surface area contributed by atoms with Crippen LogP contribution in [0.1, 0.15) is 39.8 Å². The standard InChI is InChI=1S/C17H22N2O2/c1-10(18)8-14-9-11(2)19(13(14)4)16-7-5-6-15(12(16)3)17(20)21/h5-7,9-10H,8,18H2,1-4H3,(H,20,21). The number of benzene rings is 1. The average molecular weight is 286 g/mol. The number of rotatable bonds is 4. The first-order valence-electron chi connectivity index (χ1n) is 7.09. The van der Waals surface area contributed by atoms with Crippen molar-refractivity contribution in [3.05, 3.63) is 52.3 Å². The highest BCUT2D eigenvalue weighted by Gasteiger charge is 2.16. The van der Waals surface area contributed by atoms with E-state index < -0.39 is 5.97 Å². The predicted octanol–water partition coefficient (Wildman–Crippen LogP) is 2.99. The molecular weight excluding hydrogens is 264 g/mol. The Bertz CT molecular complexity index is 684. The van der Waals surface area contributed by atoms with Crippen molar-refractivity contribution in [3.8, 4) is 5.69 Å². The van der Waals surface area contributed by atoms with Crippen LogP contribution in [0.25, 0.3) is 5.69 Å². The maximum absolute atomic E-state index is 11.3. The van der Waals surface area contributed by atoms with Gasteiger partial charge in [-0.2, -0.15) is 0 Å². The number of hydrogen-bond acceptors (Lipinski definition) is 2. The SMILES string of the molecule is Cc1c(C(=O)O)cccc1-n1c(C)cc(CC(C)N)c1C. The molecule has 1 atom stereocenters. The van der Waals surface area contributed by atoms with E-state index in [1.807, 2.05) is 26.8 Å². The first-order valence-corrected chi connectivity index (χ1v) is 7.09. The molecule has 0 aliphatic carbocycles. The monoisotopic (exact) mass is 286 g/mol. The minimum atomic E-state index is -0.896. The van der Waals surface area contributed by atoms with E-state index in [9.17, 15) is 9.90 Å². The van der Waals surface area contributed by atoms with Crippen LogP contribution in [-0.2, 0) is 6.42 Å². The maximum atomic E-state index is 11.3. The lowest BCUT2D eigenvalue weighted by molar-refractivity contribution is 0.0696. The van der Waals surface area contributed by atoms with Gasteiger partial charge in [0.25, 0.3) is 0 Å². The Labute approximate surface area is 125 Å². The molecule has 4 nitrogen and oxygen atoms in total. The Morgan fingerprint density at radius 2 is 2.00 bits per heavy atom. The van der Waals surface area contributed by atoms with Gasteiger partial charge in [0.2, 0.25) is 0 Å². The lowest BCUT2D eigenvalue weighted by Crippen LogP contribution is -2.18. The molecule has 2 rings (SSSR count). The van der Waals surface area contributed by atoms with Crippen molar-refractivity contribution in [2.24, 2.45) is 5.73 Å². The zero-order valence-corrected chi connectivity index (χ0v) is 13.0. The van der Waals surface area contributed by atoms with Crippen LogP contribution in [0.15, 0.2) is 24.3 Å². The van der Waals surface area contributed by atoms with Gasteiger partial charge in [-0.15, -0.1) is 0 Å². The molecule has 2 aromatic rings. The Kier molecular flexibility index (Phi) is 4.19. The lowest BCUT2D eigenvalue weighted by atomic mass is 10.1. The summed E-state index contributed by atoms with van der Waals surface area (Å²) in [6.07, 6.45) is 0.817. The number of aryl methyl sites for hydroxylation is 1. The van der Waals surface area contributed by atoms with Crippen molar-refractivity contribution in [2.45, 2.75) is 40.2 Å². The normalized spacial score (nSPS) is 12.4. The molecule has 0 amide bonds. The predicted molar refractivity (Wildman–Crippen MR) is 84.3 cm³/mol. The molecule has 0 aliphatic rings. The van der Waals surface area contributed by atoms with E-state index in [1.165, 1.54) is 5.56 Å². The van der Waals surface area contributed by atoms with Gasteiger partial charge in [0.05, 0.1) is 5.56 Å². The van der Waals surface area contributed by atoms with Crippen LogP contribution in [0.4, 0.5) is 0 Å². The first kappa shape index (κ1) is 15.3. The third-order valence-corrected chi connectivity index (χ3v) is 3.85. The molecule has 1 unspecified atom stereocenters. The molecule has 3 N–H and O–H groups in total. The summed E-state index contributed by atoms with van der Waals surface area (Å²) in [7, 11) is 0. The van der Waals surface area contributed by atoms with Gasteiger partial charge in [0.1, 0.15) is 0 Å². The third kappa shape index (κ3) is 2.85. The Morgan fingerprint density at radius 1 is 1.33 bits per heavy atom. The second-order valence-electron chi connectivity index (χ2n) is 5.67. The molecule has 1 heterocycles. The number of aromatic nitrogens is 1. The Hall–Kier alpha value is -2.07. The van der Waals surface area contributed by atoms with Crippen molar-refractivity contribution >= 4 is 5.97 Å². The molecule has 0 bridgehead atoms. The summed E-state index contributed by atoms with van der Waals surface area (Å²) in [4.78, 5) is 11.3. The molecule has 1 aromatic heterocycles. The summed E-state index contributed by atoms with van der Waals surface area (Å²) >= 11 is 0. The number of carboxylic acid groups (broad SMARTS) is 1. The summed E-state index contributed by atoms with van der Waals surface area (Å²) in [6.45, 7) is 7.92. The average Bonchev–Trinajstić information content (AvgIpc) is 2.64. The molecule has 112 valence electrons. The minimum absolute atomic E-state index is 0.102. The summed E-state index contributed by atoms with van der Waals surface area (Å²) in [6, 6.07) is 7.61. The van der Waals surface area contributed by atoms with Crippen molar-refractivity contribution in [1.29, 1.82) is 0 Å². The topological polar surface area (TPSA) is 68.2 Å². The van der Waals surface area contributed by atoms with E-state index in [2.05, 4.69) is 17.6 Å². The Balaban J connectivity index is 2.60. The van der Waals surface area contributed by atoms with Crippen LogP contribution in [-0.4, -0.2) is 21.7 Å². The highest BCUT2D eigenvalue weighted by atomic mass is 16.4. The molecular formula is C17H22N2O2. The fraction of sp³-hybridized carbons (Fsp3) is 0.353. The molecule has 21 heavy (non-hydrogen) atoms. The quantitative estimate of drug-likeness (QED) is 0.908. The molecule has 0 spiro atoms. The second-order valence-corrected chi connectivity index (χ2v) is 5.67. The number of nitrogens with two attached hydrogens (primary N) is 1. The number of carboxylic acids is 1. The maximum Gasteiger partial charge on any atom is 0.336 e. The summed E-state index contributed by atoms with van der Waals surface area (Å²) < 4.78 is 2.11. The van der Waals surface area contributed by atoms with Gasteiger partial charge < -0.3 is 15.4 Å². The first-order chi connectivity index (χ1) is 9.82. The molecule has 0 saturated heterocycles. The highest BCUT2D eigenvalue weighted by Crippen LogP contribution is 2.25. The van der Waals surface area contributed by atoms with Crippen LogP contribution >= 0.6 is 0 Å². The fourth-order valence-electron chi connectivity index (χ4n) is 2.85. The number of nitrogens with zero attached hydrogens (tertiary/aromatic N) is 1. The van der Waals surface area contributed by atoms with Crippen LogP contribution in [0.3, 0.4) is 0 Å². The van der Waals surface area contributed by atoms with Crippen LogP contribution in [0.2, 0.25) is 0 Å². The third-order valence-electron chi connectivity index (χ3n) is 3.85. The zero-order valence-electron chi connectivity index (χ0n) is 13.0. The molecule has 0 radical (unpaired) electrons. The highest BCUT2D eigenvalue weighted by molar-refractivity contribution is 5.90. The van der Waals surface area contributed by atoms with Crippen molar-refractivity contribution in [2.75, 3.05) is 0 Å².